The Morgan fingerprint density at radius 2 is 1.54 bits per heavy atom. The van der Waals surface area contributed by atoms with Crippen LogP contribution in [0.15, 0.2) is 77.8 Å². The Bertz CT molecular complexity index is 857. The molecular weight excluding hydrogens is 337 g/mol. The molecule has 0 aliphatic heterocycles. The number of aliphatic imine (C=N–C) groups is 1. The predicted octanol–water partition coefficient (Wildman–Crippen LogP) is 6.84. The summed E-state index contributed by atoms with van der Waals surface area (Å²) in [5.74, 6) is 0. The van der Waals surface area contributed by atoms with E-state index in [0.717, 1.165) is 16.7 Å². The molecule has 0 aromatic heterocycles. The van der Waals surface area contributed by atoms with Gasteiger partial charge in [0.15, 0.2) is 0 Å². The molecule has 0 radical (unpaired) electrons. The van der Waals surface area contributed by atoms with Gasteiger partial charge in [-0.1, -0.05) is 89.9 Å². The summed E-state index contributed by atoms with van der Waals surface area (Å²) in [6.07, 6.45) is 1.91. The highest BCUT2D eigenvalue weighted by Gasteiger charge is 2.10. The van der Waals surface area contributed by atoms with Crippen LogP contribution in [0.4, 0.5) is 0 Å². The molecule has 0 spiro atoms. The van der Waals surface area contributed by atoms with E-state index in [1.165, 1.54) is 5.56 Å². The lowest BCUT2D eigenvalue weighted by Gasteiger charge is -2.11. The van der Waals surface area contributed by atoms with Crippen LogP contribution in [0.2, 0.25) is 10.0 Å². The average Bonchev–Trinajstić information content (AvgIpc) is 2.63. The van der Waals surface area contributed by atoms with Crippen LogP contribution in [0, 0.1) is 0 Å². The number of halogens is 2. The molecule has 1 atom stereocenters. The summed E-state index contributed by atoms with van der Waals surface area (Å²) in [5.41, 5.74) is 4.34. The van der Waals surface area contributed by atoms with Crippen molar-refractivity contribution in [3.05, 3.63) is 94.0 Å². The quantitative estimate of drug-likeness (QED) is 0.455. The lowest BCUT2D eigenvalue weighted by Crippen LogP contribution is -1.94. The third-order valence-corrected chi connectivity index (χ3v) is 4.75. The smallest absolute Gasteiger partial charge is 0.0736 e. The highest BCUT2D eigenvalue weighted by atomic mass is 35.5. The van der Waals surface area contributed by atoms with E-state index in [1.54, 1.807) is 6.07 Å². The van der Waals surface area contributed by atoms with Gasteiger partial charge < -0.3 is 0 Å². The molecule has 0 saturated carbocycles. The van der Waals surface area contributed by atoms with E-state index < -0.39 is 0 Å². The van der Waals surface area contributed by atoms with Crippen LogP contribution < -0.4 is 0 Å². The van der Waals surface area contributed by atoms with Gasteiger partial charge in [0.05, 0.1) is 16.1 Å². The van der Waals surface area contributed by atoms with Gasteiger partial charge in [0.2, 0.25) is 0 Å². The van der Waals surface area contributed by atoms with Gasteiger partial charge in [-0.2, -0.15) is 0 Å². The molecule has 0 heterocycles. The summed E-state index contributed by atoms with van der Waals surface area (Å²) in [6.45, 7) is 2.01. The number of nitrogens with zero attached hydrogens (tertiary/aromatic N) is 1. The molecule has 120 valence electrons. The zero-order valence-corrected chi connectivity index (χ0v) is 14.8. The van der Waals surface area contributed by atoms with Gasteiger partial charge in [-0.25, -0.2) is 0 Å². The number of benzene rings is 3. The second-order valence-corrected chi connectivity index (χ2v) is 6.34. The van der Waals surface area contributed by atoms with Crippen molar-refractivity contribution in [3.63, 3.8) is 0 Å². The average molecular weight is 354 g/mol. The minimum Gasteiger partial charge on any atom is -0.285 e. The fraction of sp³-hybridized carbons (Fsp3) is 0.0952. The molecule has 24 heavy (non-hydrogen) atoms. The Morgan fingerprint density at radius 1 is 0.833 bits per heavy atom. The predicted molar refractivity (Wildman–Crippen MR) is 104 cm³/mol. The molecule has 0 amide bonds. The van der Waals surface area contributed by atoms with Gasteiger partial charge in [0.1, 0.15) is 0 Å². The maximum Gasteiger partial charge on any atom is 0.0736 e. The second-order valence-electron chi connectivity index (χ2n) is 5.55. The zero-order chi connectivity index (χ0) is 16.9. The fourth-order valence-corrected chi connectivity index (χ4v) is 3.07. The minimum atomic E-state index is -0.0694. The SMILES string of the molecule is CC(/N=C/c1ccccc1-c1ccccc1)c1cccc(Cl)c1Cl. The first-order valence-corrected chi connectivity index (χ1v) is 8.54. The van der Waals surface area contributed by atoms with Crippen molar-refractivity contribution in [2.45, 2.75) is 13.0 Å². The normalized spacial score (nSPS) is 12.5. The molecule has 3 aromatic rings. The Balaban J connectivity index is 1.91. The van der Waals surface area contributed by atoms with Crippen LogP contribution in [0.5, 0.6) is 0 Å². The van der Waals surface area contributed by atoms with Gasteiger partial charge in [0.25, 0.3) is 0 Å². The van der Waals surface area contributed by atoms with E-state index >= 15 is 0 Å². The third kappa shape index (κ3) is 3.69. The minimum absolute atomic E-state index is 0.0694. The molecule has 0 N–H and O–H groups in total. The van der Waals surface area contributed by atoms with Crippen molar-refractivity contribution in [3.8, 4) is 11.1 Å². The largest absolute Gasteiger partial charge is 0.285 e. The maximum absolute atomic E-state index is 6.29. The van der Waals surface area contributed by atoms with Crippen molar-refractivity contribution in [2.75, 3.05) is 0 Å². The molecule has 0 aliphatic carbocycles. The summed E-state index contributed by atoms with van der Waals surface area (Å²) in [6, 6.07) is 24.1. The standard InChI is InChI=1S/C21H17Cl2N/c1-15(18-12-7-13-20(22)21(18)23)24-14-17-10-5-6-11-19(17)16-8-3-2-4-9-16/h2-15H,1H3/b24-14+. The van der Waals surface area contributed by atoms with Crippen molar-refractivity contribution in [2.24, 2.45) is 4.99 Å². The van der Waals surface area contributed by atoms with Crippen molar-refractivity contribution in [1.82, 2.24) is 0 Å². The van der Waals surface area contributed by atoms with Gasteiger partial charge >= 0.3 is 0 Å². The molecule has 3 heteroatoms. The third-order valence-electron chi connectivity index (χ3n) is 3.91. The van der Waals surface area contributed by atoms with E-state index in [2.05, 4.69) is 29.3 Å². The topological polar surface area (TPSA) is 12.4 Å². The number of hydrogen-bond acceptors (Lipinski definition) is 1. The molecule has 3 rings (SSSR count). The highest BCUT2D eigenvalue weighted by Crippen LogP contribution is 2.31. The lowest BCUT2D eigenvalue weighted by molar-refractivity contribution is 0.825. The van der Waals surface area contributed by atoms with Gasteiger partial charge in [0, 0.05) is 11.8 Å². The van der Waals surface area contributed by atoms with Crippen LogP contribution in [-0.2, 0) is 0 Å². The maximum atomic E-state index is 6.29. The molecule has 1 nitrogen and oxygen atoms in total. The first-order chi connectivity index (χ1) is 11.7. The Kier molecular flexibility index (Phi) is 5.34. The summed E-state index contributed by atoms with van der Waals surface area (Å²) in [7, 11) is 0. The van der Waals surface area contributed by atoms with E-state index in [0.29, 0.717) is 10.0 Å². The van der Waals surface area contributed by atoms with Crippen LogP contribution in [0.3, 0.4) is 0 Å². The van der Waals surface area contributed by atoms with Gasteiger partial charge in [-0.3, -0.25) is 4.99 Å². The van der Waals surface area contributed by atoms with Gasteiger partial charge in [-0.05, 0) is 29.7 Å². The van der Waals surface area contributed by atoms with E-state index in [-0.39, 0.29) is 6.04 Å². The number of rotatable bonds is 4. The summed E-state index contributed by atoms with van der Waals surface area (Å²) in [5, 5.41) is 1.13. The van der Waals surface area contributed by atoms with Crippen LogP contribution in [0.25, 0.3) is 11.1 Å². The summed E-state index contributed by atoms with van der Waals surface area (Å²) >= 11 is 12.4. The van der Waals surface area contributed by atoms with Crippen LogP contribution >= 0.6 is 23.2 Å². The van der Waals surface area contributed by atoms with Crippen molar-refractivity contribution in [1.29, 1.82) is 0 Å². The number of hydrogen-bond donors (Lipinski definition) is 0. The monoisotopic (exact) mass is 353 g/mol. The van der Waals surface area contributed by atoms with E-state index in [1.807, 2.05) is 55.6 Å². The Morgan fingerprint density at radius 3 is 2.33 bits per heavy atom. The molecule has 0 bridgehead atoms. The van der Waals surface area contributed by atoms with Crippen molar-refractivity contribution < 1.29 is 0 Å². The molecular formula is C21H17Cl2N. The molecule has 3 aromatic carbocycles. The Labute approximate surface area is 152 Å². The van der Waals surface area contributed by atoms with Crippen LogP contribution in [-0.4, -0.2) is 6.21 Å². The first kappa shape index (κ1) is 16.8. The van der Waals surface area contributed by atoms with Crippen LogP contribution in [0.1, 0.15) is 24.1 Å². The zero-order valence-electron chi connectivity index (χ0n) is 13.3. The second kappa shape index (κ2) is 7.65. The first-order valence-electron chi connectivity index (χ1n) is 7.78. The summed E-state index contributed by atoms with van der Waals surface area (Å²) in [4.78, 5) is 4.68. The van der Waals surface area contributed by atoms with E-state index in [4.69, 9.17) is 23.2 Å². The fourth-order valence-electron chi connectivity index (χ4n) is 2.61. The summed E-state index contributed by atoms with van der Waals surface area (Å²) < 4.78 is 0. The molecule has 0 saturated heterocycles. The lowest BCUT2D eigenvalue weighted by atomic mass is 10.0. The van der Waals surface area contributed by atoms with Crippen molar-refractivity contribution >= 4 is 29.4 Å². The molecule has 0 aliphatic rings. The molecule has 0 fully saturated rings. The highest BCUT2D eigenvalue weighted by molar-refractivity contribution is 6.42. The Hall–Kier alpha value is -2.09. The van der Waals surface area contributed by atoms with E-state index in [9.17, 15) is 0 Å². The van der Waals surface area contributed by atoms with Gasteiger partial charge in [-0.15, -0.1) is 0 Å². The molecule has 1 unspecified atom stereocenters.